The molecule has 0 aliphatic heterocycles. The molecule has 1 aliphatic rings. The van der Waals surface area contributed by atoms with E-state index in [1.54, 1.807) is 12.1 Å². The van der Waals surface area contributed by atoms with Crippen molar-refractivity contribution in [2.45, 2.75) is 19.4 Å². The monoisotopic (exact) mass is 253 g/mol. The summed E-state index contributed by atoms with van der Waals surface area (Å²) in [6.07, 6.45) is 1.43. The molecule has 0 heterocycles. The number of hydrogen-bond donors (Lipinski definition) is 2. The topological polar surface area (TPSA) is 58.6 Å². The maximum atomic E-state index is 13.4. The maximum Gasteiger partial charge on any atom is 0.310 e. The third kappa shape index (κ3) is 2.61. The fourth-order valence-corrected chi connectivity index (χ4v) is 1.88. The Labute approximate surface area is 105 Å². The van der Waals surface area contributed by atoms with E-state index in [0.717, 1.165) is 5.56 Å². The van der Waals surface area contributed by atoms with Gasteiger partial charge < -0.3 is 15.2 Å². The van der Waals surface area contributed by atoms with Crippen LogP contribution in [-0.4, -0.2) is 24.7 Å². The van der Waals surface area contributed by atoms with Crippen LogP contribution in [0.25, 0.3) is 0 Å². The van der Waals surface area contributed by atoms with Crippen LogP contribution in [-0.2, 0) is 11.3 Å². The fraction of sp³-hybridized carbons (Fsp3) is 0.462. The van der Waals surface area contributed by atoms with Gasteiger partial charge >= 0.3 is 5.97 Å². The molecule has 0 amide bonds. The second-order valence-electron chi connectivity index (χ2n) is 4.66. The van der Waals surface area contributed by atoms with Crippen molar-refractivity contribution in [2.24, 2.45) is 5.41 Å². The molecule has 1 aliphatic carbocycles. The van der Waals surface area contributed by atoms with Crippen LogP contribution in [0.1, 0.15) is 18.4 Å². The van der Waals surface area contributed by atoms with Crippen LogP contribution >= 0.6 is 0 Å². The van der Waals surface area contributed by atoms with Crippen LogP contribution in [0.15, 0.2) is 18.2 Å². The second-order valence-corrected chi connectivity index (χ2v) is 4.66. The Bertz CT molecular complexity index is 458. The highest BCUT2D eigenvalue weighted by Crippen LogP contribution is 2.45. The first-order chi connectivity index (χ1) is 8.57. The molecule has 0 saturated heterocycles. The van der Waals surface area contributed by atoms with Crippen LogP contribution in [0, 0.1) is 11.2 Å². The summed E-state index contributed by atoms with van der Waals surface area (Å²) in [6, 6.07) is 4.72. The van der Waals surface area contributed by atoms with Crippen molar-refractivity contribution in [3.05, 3.63) is 29.6 Å². The molecule has 18 heavy (non-hydrogen) atoms. The molecule has 1 aromatic rings. The summed E-state index contributed by atoms with van der Waals surface area (Å²) in [5, 5.41) is 12.1. The number of carbonyl (C=O) groups is 1. The maximum absolute atomic E-state index is 13.4. The lowest BCUT2D eigenvalue weighted by Crippen LogP contribution is -2.29. The van der Waals surface area contributed by atoms with Gasteiger partial charge in [0.2, 0.25) is 0 Å². The van der Waals surface area contributed by atoms with E-state index in [4.69, 9.17) is 9.84 Å². The Morgan fingerprint density at radius 2 is 2.28 bits per heavy atom. The number of ether oxygens (including phenoxy) is 1. The summed E-state index contributed by atoms with van der Waals surface area (Å²) in [6.45, 7) is 0.881. The van der Waals surface area contributed by atoms with Crippen molar-refractivity contribution < 1.29 is 19.0 Å². The SMILES string of the molecule is COc1ccc(CNCC2(C(=O)O)CC2)cc1F. The van der Waals surface area contributed by atoms with E-state index in [2.05, 4.69) is 5.32 Å². The van der Waals surface area contributed by atoms with E-state index in [-0.39, 0.29) is 5.75 Å². The molecule has 0 aromatic heterocycles. The first kappa shape index (κ1) is 12.8. The lowest BCUT2D eigenvalue weighted by Gasteiger charge is -2.11. The molecule has 1 saturated carbocycles. The largest absolute Gasteiger partial charge is 0.494 e. The summed E-state index contributed by atoms with van der Waals surface area (Å²) < 4.78 is 18.2. The Morgan fingerprint density at radius 3 is 2.78 bits per heavy atom. The average molecular weight is 253 g/mol. The van der Waals surface area contributed by atoms with Crippen molar-refractivity contribution in [3.8, 4) is 5.75 Å². The van der Waals surface area contributed by atoms with Crippen LogP contribution in [0.2, 0.25) is 0 Å². The quantitative estimate of drug-likeness (QED) is 0.811. The molecule has 0 atom stereocenters. The molecule has 1 fully saturated rings. The minimum atomic E-state index is -0.754. The minimum absolute atomic E-state index is 0.211. The van der Waals surface area contributed by atoms with Crippen LogP contribution in [0.3, 0.4) is 0 Å². The van der Waals surface area contributed by atoms with E-state index >= 15 is 0 Å². The lowest BCUT2D eigenvalue weighted by molar-refractivity contribution is -0.143. The van der Waals surface area contributed by atoms with E-state index in [1.807, 2.05) is 0 Å². The molecule has 2 rings (SSSR count). The van der Waals surface area contributed by atoms with E-state index in [0.29, 0.717) is 25.9 Å². The van der Waals surface area contributed by atoms with Crippen molar-refractivity contribution in [3.63, 3.8) is 0 Å². The zero-order chi connectivity index (χ0) is 13.2. The van der Waals surface area contributed by atoms with Crippen molar-refractivity contribution in [1.82, 2.24) is 5.32 Å². The number of nitrogens with one attached hydrogen (secondary N) is 1. The van der Waals surface area contributed by atoms with Crippen molar-refractivity contribution in [2.75, 3.05) is 13.7 Å². The average Bonchev–Trinajstić information content (AvgIpc) is 3.10. The van der Waals surface area contributed by atoms with Gasteiger partial charge in [-0.25, -0.2) is 4.39 Å². The number of methoxy groups -OCH3 is 1. The molecular formula is C13H16FNO3. The number of benzene rings is 1. The Balaban J connectivity index is 1.87. The summed E-state index contributed by atoms with van der Waals surface area (Å²) >= 11 is 0. The Morgan fingerprint density at radius 1 is 1.56 bits per heavy atom. The number of aliphatic carboxylic acids is 1. The van der Waals surface area contributed by atoms with Gasteiger partial charge in [-0.3, -0.25) is 4.79 Å². The zero-order valence-corrected chi connectivity index (χ0v) is 10.2. The highest BCUT2D eigenvalue weighted by atomic mass is 19.1. The number of rotatable bonds is 6. The van der Waals surface area contributed by atoms with Gasteiger partial charge in [-0.05, 0) is 30.5 Å². The van der Waals surface area contributed by atoms with Gasteiger partial charge in [0.15, 0.2) is 11.6 Å². The van der Waals surface area contributed by atoms with Gasteiger partial charge in [-0.15, -0.1) is 0 Å². The Kier molecular flexibility index (Phi) is 3.52. The van der Waals surface area contributed by atoms with Crippen molar-refractivity contribution in [1.29, 1.82) is 0 Å². The normalized spacial score (nSPS) is 16.3. The Hall–Kier alpha value is -1.62. The van der Waals surface area contributed by atoms with Crippen LogP contribution in [0.4, 0.5) is 4.39 Å². The first-order valence-electron chi connectivity index (χ1n) is 5.84. The van der Waals surface area contributed by atoms with Crippen molar-refractivity contribution >= 4 is 5.97 Å². The minimum Gasteiger partial charge on any atom is -0.494 e. The molecule has 0 spiro atoms. The smallest absolute Gasteiger partial charge is 0.310 e. The highest BCUT2D eigenvalue weighted by Gasteiger charge is 2.49. The van der Waals surface area contributed by atoms with Gasteiger partial charge in [0.25, 0.3) is 0 Å². The molecular weight excluding hydrogens is 237 g/mol. The van der Waals surface area contributed by atoms with Gasteiger partial charge in [0.1, 0.15) is 0 Å². The van der Waals surface area contributed by atoms with Gasteiger partial charge in [0.05, 0.1) is 12.5 Å². The zero-order valence-electron chi connectivity index (χ0n) is 10.2. The third-order valence-corrected chi connectivity index (χ3v) is 3.32. The number of halogens is 1. The third-order valence-electron chi connectivity index (χ3n) is 3.32. The van der Waals surface area contributed by atoms with Gasteiger partial charge in [0, 0.05) is 13.1 Å². The summed E-state index contributed by atoms with van der Waals surface area (Å²) in [5.41, 5.74) is 0.180. The van der Waals surface area contributed by atoms with E-state index < -0.39 is 17.2 Å². The lowest BCUT2D eigenvalue weighted by atomic mass is 10.1. The summed E-state index contributed by atoms with van der Waals surface area (Å²) in [7, 11) is 1.42. The molecule has 4 nitrogen and oxygen atoms in total. The number of carboxylic acid groups (broad SMARTS) is 1. The number of hydrogen-bond acceptors (Lipinski definition) is 3. The predicted molar refractivity (Wildman–Crippen MR) is 64.0 cm³/mol. The summed E-state index contributed by atoms with van der Waals surface area (Å²) in [5.74, 6) is -0.949. The molecule has 0 unspecified atom stereocenters. The molecule has 1 aromatic carbocycles. The molecule has 98 valence electrons. The predicted octanol–water partition coefficient (Wildman–Crippen LogP) is 1.79. The number of carboxylic acids is 1. The molecule has 0 bridgehead atoms. The van der Waals surface area contributed by atoms with E-state index in [1.165, 1.54) is 13.2 Å². The standard InChI is InChI=1S/C13H16FNO3/c1-18-11-3-2-9(6-10(11)14)7-15-8-13(4-5-13)12(16)17/h2-3,6,15H,4-5,7-8H2,1H3,(H,16,17). The van der Waals surface area contributed by atoms with E-state index in [9.17, 15) is 9.18 Å². The van der Waals surface area contributed by atoms with Gasteiger partial charge in [-0.2, -0.15) is 0 Å². The summed E-state index contributed by atoms with van der Waals surface area (Å²) in [4.78, 5) is 10.9. The highest BCUT2D eigenvalue weighted by molar-refractivity contribution is 5.78. The van der Waals surface area contributed by atoms with Crippen LogP contribution < -0.4 is 10.1 Å². The molecule has 5 heteroatoms. The first-order valence-corrected chi connectivity index (χ1v) is 5.84. The second kappa shape index (κ2) is 4.94. The molecule has 2 N–H and O–H groups in total. The van der Waals surface area contributed by atoms with Crippen LogP contribution in [0.5, 0.6) is 5.75 Å². The fourth-order valence-electron chi connectivity index (χ4n) is 1.88. The van der Waals surface area contributed by atoms with Gasteiger partial charge in [-0.1, -0.05) is 6.07 Å². The molecule has 0 radical (unpaired) electrons.